The van der Waals surface area contributed by atoms with E-state index >= 15 is 0 Å². The number of carbonyl (C=O) groups excluding carboxylic acids is 2. The smallest absolute Gasteiger partial charge is 0.307 e. The number of hydrogen-bond acceptors (Lipinski definition) is 4. The fourth-order valence-electron chi connectivity index (χ4n) is 1.82. The van der Waals surface area contributed by atoms with Crippen molar-refractivity contribution in [2.75, 3.05) is 7.11 Å². The van der Waals surface area contributed by atoms with Gasteiger partial charge in [0.2, 0.25) is 0 Å². The van der Waals surface area contributed by atoms with Gasteiger partial charge in [-0.3, -0.25) is 9.59 Å². The van der Waals surface area contributed by atoms with E-state index in [-0.39, 0.29) is 18.3 Å². The van der Waals surface area contributed by atoms with Crippen LogP contribution in [-0.4, -0.2) is 19.0 Å². The fourth-order valence-corrected chi connectivity index (χ4v) is 2.45. The molecule has 1 atom stereocenters. The van der Waals surface area contributed by atoms with Gasteiger partial charge in [-0.15, -0.1) is 11.3 Å². The maximum atomic E-state index is 12.1. The fraction of sp³-hybridized carbons (Fsp3) is 0.200. The van der Waals surface area contributed by atoms with Gasteiger partial charge in [0.15, 0.2) is 0 Å². The summed E-state index contributed by atoms with van der Waals surface area (Å²) in [5.41, 5.74) is 0.878. The number of methoxy groups -OCH3 is 1. The SMILES string of the molecule is COC(=O)CC(NC(=O)c1cccs1)c1ccccc1. The molecule has 0 aliphatic heterocycles. The third-order valence-electron chi connectivity index (χ3n) is 2.85. The largest absolute Gasteiger partial charge is 0.469 e. The minimum Gasteiger partial charge on any atom is -0.469 e. The van der Waals surface area contributed by atoms with E-state index in [9.17, 15) is 9.59 Å². The van der Waals surface area contributed by atoms with Gasteiger partial charge in [-0.2, -0.15) is 0 Å². The second kappa shape index (κ2) is 6.86. The van der Waals surface area contributed by atoms with Gasteiger partial charge in [-0.05, 0) is 17.0 Å². The molecule has 1 N–H and O–H groups in total. The zero-order valence-electron chi connectivity index (χ0n) is 11.0. The molecule has 0 saturated carbocycles. The van der Waals surface area contributed by atoms with Gasteiger partial charge in [0.25, 0.3) is 5.91 Å². The van der Waals surface area contributed by atoms with Crippen LogP contribution in [0, 0.1) is 0 Å². The third-order valence-corrected chi connectivity index (χ3v) is 3.72. The van der Waals surface area contributed by atoms with Crippen molar-refractivity contribution in [3.8, 4) is 0 Å². The summed E-state index contributed by atoms with van der Waals surface area (Å²) < 4.78 is 4.69. The van der Waals surface area contributed by atoms with Crippen LogP contribution in [0.3, 0.4) is 0 Å². The molecular weight excluding hydrogens is 274 g/mol. The Morgan fingerprint density at radius 2 is 1.95 bits per heavy atom. The summed E-state index contributed by atoms with van der Waals surface area (Å²) in [6.45, 7) is 0. The lowest BCUT2D eigenvalue weighted by atomic mass is 10.0. The number of ether oxygens (including phenoxy) is 1. The predicted molar refractivity (Wildman–Crippen MR) is 77.6 cm³/mol. The molecule has 2 rings (SSSR count). The van der Waals surface area contributed by atoms with Gasteiger partial charge >= 0.3 is 5.97 Å². The van der Waals surface area contributed by atoms with Crippen LogP contribution >= 0.6 is 11.3 Å². The number of hydrogen-bond donors (Lipinski definition) is 1. The van der Waals surface area contributed by atoms with E-state index in [0.29, 0.717) is 4.88 Å². The number of rotatable bonds is 5. The number of esters is 1. The Labute approximate surface area is 121 Å². The van der Waals surface area contributed by atoms with Crippen molar-refractivity contribution in [1.29, 1.82) is 0 Å². The van der Waals surface area contributed by atoms with Crippen molar-refractivity contribution >= 4 is 23.2 Å². The molecule has 0 fully saturated rings. The Bertz CT molecular complexity index is 566. The standard InChI is InChI=1S/C15H15NO3S/c1-19-14(17)10-12(11-6-3-2-4-7-11)16-15(18)13-8-5-9-20-13/h2-9,12H,10H2,1H3,(H,16,18). The zero-order valence-corrected chi connectivity index (χ0v) is 11.9. The Hall–Kier alpha value is -2.14. The highest BCUT2D eigenvalue weighted by atomic mass is 32.1. The predicted octanol–water partition coefficient (Wildman–Crippen LogP) is 2.78. The maximum Gasteiger partial charge on any atom is 0.307 e. The first-order chi connectivity index (χ1) is 9.70. The molecule has 1 aromatic carbocycles. The highest BCUT2D eigenvalue weighted by Gasteiger charge is 2.19. The molecule has 104 valence electrons. The van der Waals surface area contributed by atoms with Crippen LogP contribution < -0.4 is 5.32 Å². The number of thiophene rings is 1. The van der Waals surface area contributed by atoms with Gasteiger partial charge in [0.1, 0.15) is 0 Å². The molecule has 1 amide bonds. The van der Waals surface area contributed by atoms with Crippen LogP contribution in [0.4, 0.5) is 0 Å². The molecule has 5 heteroatoms. The highest BCUT2D eigenvalue weighted by Crippen LogP contribution is 2.19. The van der Waals surface area contributed by atoms with Crippen molar-refractivity contribution in [2.45, 2.75) is 12.5 Å². The van der Waals surface area contributed by atoms with Crippen molar-refractivity contribution in [1.82, 2.24) is 5.32 Å². The van der Waals surface area contributed by atoms with E-state index in [1.165, 1.54) is 18.4 Å². The van der Waals surface area contributed by atoms with Gasteiger partial charge in [0, 0.05) is 0 Å². The van der Waals surface area contributed by atoms with Gasteiger partial charge in [0.05, 0.1) is 24.4 Å². The summed E-state index contributed by atoms with van der Waals surface area (Å²) in [6.07, 6.45) is 0.109. The van der Waals surface area contributed by atoms with Gasteiger partial charge in [-0.25, -0.2) is 0 Å². The molecule has 0 aliphatic carbocycles. The lowest BCUT2D eigenvalue weighted by Crippen LogP contribution is -2.29. The molecule has 0 radical (unpaired) electrons. The average molecular weight is 289 g/mol. The summed E-state index contributed by atoms with van der Waals surface area (Å²) in [6, 6.07) is 12.6. The van der Waals surface area contributed by atoms with E-state index < -0.39 is 6.04 Å². The summed E-state index contributed by atoms with van der Waals surface area (Å²) in [5.74, 6) is -0.539. The number of benzene rings is 1. The number of carbonyl (C=O) groups is 2. The normalized spacial score (nSPS) is 11.7. The molecule has 0 saturated heterocycles. The average Bonchev–Trinajstić information content (AvgIpc) is 3.01. The van der Waals surface area contributed by atoms with Crippen LogP contribution in [0.1, 0.15) is 27.7 Å². The molecule has 20 heavy (non-hydrogen) atoms. The monoisotopic (exact) mass is 289 g/mol. The molecule has 1 unspecified atom stereocenters. The lowest BCUT2D eigenvalue weighted by molar-refractivity contribution is -0.141. The van der Waals surface area contributed by atoms with Crippen LogP contribution in [0.15, 0.2) is 47.8 Å². The molecule has 0 spiro atoms. The summed E-state index contributed by atoms with van der Waals surface area (Å²) in [4.78, 5) is 24.2. The van der Waals surface area contributed by atoms with Gasteiger partial charge < -0.3 is 10.1 Å². The van der Waals surface area contributed by atoms with Crippen molar-refractivity contribution in [3.63, 3.8) is 0 Å². The van der Waals surface area contributed by atoms with E-state index in [0.717, 1.165) is 5.56 Å². The molecule has 4 nitrogen and oxygen atoms in total. The Morgan fingerprint density at radius 3 is 2.55 bits per heavy atom. The Kier molecular flexibility index (Phi) is 4.90. The second-order valence-electron chi connectivity index (χ2n) is 4.19. The highest BCUT2D eigenvalue weighted by molar-refractivity contribution is 7.12. The number of amides is 1. The van der Waals surface area contributed by atoms with Gasteiger partial charge in [-0.1, -0.05) is 36.4 Å². The third kappa shape index (κ3) is 3.68. The topological polar surface area (TPSA) is 55.4 Å². The van der Waals surface area contributed by atoms with Crippen molar-refractivity contribution in [2.24, 2.45) is 0 Å². The van der Waals surface area contributed by atoms with E-state index in [1.54, 1.807) is 6.07 Å². The maximum absolute atomic E-state index is 12.1. The lowest BCUT2D eigenvalue weighted by Gasteiger charge is -2.17. The zero-order chi connectivity index (χ0) is 14.4. The first-order valence-corrected chi connectivity index (χ1v) is 7.05. The van der Waals surface area contributed by atoms with E-state index in [1.807, 2.05) is 41.8 Å². The first-order valence-electron chi connectivity index (χ1n) is 6.17. The van der Waals surface area contributed by atoms with Crippen molar-refractivity contribution < 1.29 is 14.3 Å². The minimum atomic E-state index is -0.391. The summed E-state index contributed by atoms with van der Waals surface area (Å²) >= 11 is 1.36. The van der Waals surface area contributed by atoms with Crippen LogP contribution in [-0.2, 0) is 9.53 Å². The summed E-state index contributed by atoms with van der Waals surface area (Å²) in [7, 11) is 1.34. The van der Waals surface area contributed by atoms with E-state index in [2.05, 4.69) is 10.1 Å². The molecular formula is C15H15NO3S. The second-order valence-corrected chi connectivity index (χ2v) is 5.14. The first kappa shape index (κ1) is 14.3. The molecule has 2 aromatic rings. The molecule has 0 aliphatic rings. The number of nitrogens with one attached hydrogen (secondary N) is 1. The molecule has 1 aromatic heterocycles. The van der Waals surface area contributed by atoms with Crippen LogP contribution in [0.2, 0.25) is 0 Å². The Morgan fingerprint density at radius 1 is 1.20 bits per heavy atom. The van der Waals surface area contributed by atoms with Crippen LogP contribution in [0.5, 0.6) is 0 Å². The molecule has 0 bridgehead atoms. The minimum absolute atomic E-state index is 0.109. The van der Waals surface area contributed by atoms with E-state index in [4.69, 9.17) is 0 Å². The quantitative estimate of drug-likeness (QED) is 0.861. The Balaban J connectivity index is 2.14. The molecule has 1 heterocycles. The summed E-state index contributed by atoms with van der Waals surface area (Å²) in [5, 5.41) is 4.71. The van der Waals surface area contributed by atoms with Crippen molar-refractivity contribution in [3.05, 3.63) is 58.3 Å². The van der Waals surface area contributed by atoms with Crippen LogP contribution in [0.25, 0.3) is 0 Å².